The molecule has 1 unspecified atom stereocenters. The molecule has 0 heterocycles. The highest BCUT2D eigenvalue weighted by molar-refractivity contribution is 7.80. The van der Waals surface area contributed by atoms with E-state index in [1.165, 1.54) is 25.7 Å². The summed E-state index contributed by atoms with van der Waals surface area (Å²) in [6.45, 7) is 6.35. The van der Waals surface area contributed by atoms with Crippen molar-refractivity contribution in [3.8, 4) is 0 Å². The molecule has 0 aromatic carbocycles. The molecule has 1 saturated carbocycles. The van der Waals surface area contributed by atoms with Gasteiger partial charge >= 0.3 is 5.97 Å². The maximum absolute atomic E-state index is 12.3. The monoisotopic (exact) mass is 357 g/mol. The van der Waals surface area contributed by atoms with Crippen molar-refractivity contribution in [2.75, 3.05) is 6.54 Å². The third kappa shape index (κ3) is 10.2. The normalized spacial score (nSPS) is 18.8. The minimum absolute atomic E-state index is 0.0183. The van der Waals surface area contributed by atoms with Crippen LogP contribution in [0.1, 0.15) is 85.0 Å². The Morgan fingerprint density at radius 1 is 1.12 bits per heavy atom. The molecule has 140 valence electrons. The number of rotatable bonds is 7. The molecule has 0 spiro atoms. The van der Waals surface area contributed by atoms with E-state index in [0.29, 0.717) is 19.4 Å². The number of hydrogen-bond donors (Lipinski definition) is 2. The Hall–Kier alpha value is -0.710. The Labute approximate surface area is 152 Å². The quantitative estimate of drug-likeness (QED) is 0.528. The zero-order chi connectivity index (χ0) is 18.0. The fourth-order valence-corrected chi connectivity index (χ4v) is 3.24. The zero-order valence-electron chi connectivity index (χ0n) is 15.6. The van der Waals surface area contributed by atoms with Gasteiger partial charge < -0.3 is 10.1 Å². The molecule has 4 nitrogen and oxygen atoms in total. The molecule has 0 aromatic rings. The van der Waals surface area contributed by atoms with Crippen LogP contribution in [0.3, 0.4) is 0 Å². The Morgan fingerprint density at radius 2 is 1.67 bits per heavy atom. The second kappa shape index (κ2) is 11.0. The summed E-state index contributed by atoms with van der Waals surface area (Å²) in [5.74, 6) is -0.156. The van der Waals surface area contributed by atoms with Gasteiger partial charge in [-0.3, -0.25) is 9.59 Å². The third-order valence-electron chi connectivity index (χ3n) is 4.47. The molecule has 1 rings (SSSR count). The Kier molecular flexibility index (Phi) is 9.79. The first kappa shape index (κ1) is 21.3. The first-order valence-electron chi connectivity index (χ1n) is 9.43. The molecule has 1 aliphatic carbocycles. The summed E-state index contributed by atoms with van der Waals surface area (Å²) >= 11 is 4.22. The summed E-state index contributed by atoms with van der Waals surface area (Å²) < 4.78 is 5.73. The van der Waals surface area contributed by atoms with Crippen LogP contribution in [-0.2, 0) is 14.3 Å². The number of ether oxygens (including phenoxy) is 1. The lowest BCUT2D eigenvalue weighted by Crippen LogP contribution is -2.36. The van der Waals surface area contributed by atoms with E-state index in [-0.39, 0.29) is 28.6 Å². The van der Waals surface area contributed by atoms with Gasteiger partial charge in [0, 0.05) is 18.2 Å². The van der Waals surface area contributed by atoms with Gasteiger partial charge in [-0.05, 0) is 31.1 Å². The predicted octanol–water partition coefficient (Wildman–Crippen LogP) is 4.27. The fourth-order valence-electron chi connectivity index (χ4n) is 3.07. The van der Waals surface area contributed by atoms with Gasteiger partial charge in [-0.25, -0.2) is 0 Å². The van der Waals surface area contributed by atoms with Crippen molar-refractivity contribution in [3.05, 3.63) is 0 Å². The maximum atomic E-state index is 12.3. The van der Waals surface area contributed by atoms with Crippen LogP contribution in [0.5, 0.6) is 0 Å². The molecule has 5 heteroatoms. The third-order valence-corrected chi connectivity index (χ3v) is 4.65. The van der Waals surface area contributed by atoms with Crippen LogP contribution in [0.4, 0.5) is 0 Å². The molecule has 1 atom stereocenters. The van der Waals surface area contributed by atoms with E-state index in [2.05, 4.69) is 17.9 Å². The molecule has 1 fully saturated rings. The number of nitrogens with one attached hydrogen (secondary N) is 1. The zero-order valence-corrected chi connectivity index (χ0v) is 16.5. The van der Waals surface area contributed by atoms with Crippen molar-refractivity contribution in [1.82, 2.24) is 5.32 Å². The van der Waals surface area contributed by atoms with Crippen molar-refractivity contribution >= 4 is 24.5 Å². The van der Waals surface area contributed by atoms with Crippen LogP contribution in [0.2, 0.25) is 0 Å². The molecule has 0 radical (unpaired) electrons. The summed E-state index contributed by atoms with van der Waals surface area (Å²) in [7, 11) is 0. The van der Waals surface area contributed by atoms with Gasteiger partial charge in [-0.2, -0.15) is 12.6 Å². The van der Waals surface area contributed by atoms with E-state index >= 15 is 0 Å². The van der Waals surface area contributed by atoms with Crippen LogP contribution >= 0.6 is 12.6 Å². The van der Waals surface area contributed by atoms with E-state index in [4.69, 9.17) is 4.74 Å². The molecule has 0 saturated heterocycles. The summed E-state index contributed by atoms with van der Waals surface area (Å²) in [4.78, 5) is 24.0. The minimum Gasteiger partial charge on any atom is -0.462 e. The number of carbonyl (C=O) groups is 2. The van der Waals surface area contributed by atoms with E-state index in [9.17, 15) is 9.59 Å². The highest BCUT2D eigenvalue weighted by Crippen LogP contribution is 2.23. The molecule has 1 amide bonds. The Bertz CT molecular complexity index is 386. The number of thiol groups is 1. The summed E-state index contributed by atoms with van der Waals surface area (Å²) in [6.07, 6.45) is 10.2. The number of esters is 1. The number of carbonyl (C=O) groups excluding carboxylic acids is 2. The second-order valence-corrected chi connectivity index (χ2v) is 8.86. The van der Waals surface area contributed by atoms with E-state index in [1.807, 2.05) is 20.8 Å². The molecule has 0 aromatic heterocycles. The lowest BCUT2D eigenvalue weighted by molar-refractivity contribution is -0.152. The summed E-state index contributed by atoms with van der Waals surface area (Å²) in [6, 6.07) is 0. The van der Waals surface area contributed by atoms with Crippen molar-refractivity contribution in [1.29, 1.82) is 0 Å². The highest BCUT2D eigenvalue weighted by atomic mass is 32.1. The Balaban J connectivity index is 2.36. The van der Waals surface area contributed by atoms with Gasteiger partial charge in [0.15, 0.2) is 0 Å². The average molecular weight is 358 g/mol. The predicted molar refractivity (Wildman–Crippen MR) is 101 cm³/mol. The first-order valence-corrected chi connectivity index (χ1v) is 9.94. The second-order valence-electron chi connectivity index (χ2n) is 7.98. The van der Waals surface area contributed by atoms with Crippen molar-refractivity contribution < 1.29 is 14.3 Å². The largest absolute Gasteiger partial charge is 0.462 e. The Morgan fingerprint density at radius 3 is 2.21 bits per heavy atom. The molecule has 24 heavy (non-hydrogen) atoms. The van der Waals surface area contributed by atoms with Crippen molar-refractivity contribution in [2.24, 2.45) is 5.41 Å². The number of hydrogen-bond acceptors (Lipinski definition) is 4. The summed E-state index contributed by atoms with van der Waals surface area (Å²) in [5.41, 5.74) is -0.301. The van der Waals surface area contributed by atoms with Gasteiger partial charge in [-0.1, -0.05) is 46.5 Å². The van der Waals surface area contributed by atoms with Gasteiger partial charge in [-0.15, -0.1) is 0 Å². The van der Waals surface area contributed by atoms with Gasteiger partial charge in [0.05, 0.1) is 6.42 Å². The van der Waals surface area contributed by atoms with Crippen LogP contribution in [0.15, 0.2) is 0 Å². The van der Waals surface area contributed by atoms with Crippen LogP contribution in [0.25, 0.3) is 0 Å². The average Bonchev–Trinajstić information content (AvgIpc) is 2.58. The van der Waals surface area contributed by atoms with Gasteiger partial charge in [0.2, 0.25) is 5.91 Å². The van der Waals surface area contributed by atoms with Crippen molar-refractivity contribution in [3.63, 3.8) is 0 Å². The molecule has 1 aliphatic rings. The first-order chi connectivity index (χ1) is 11.3. The van der Waals surface area contributed by atoms with Crippen LogP contribution in [0, 0.1) is 5.41 Å². The van der Waals surface area contributed by atoms with E-state index in [1.54, 1.807) is 0 Å². The number of amides is 1. The molecular weight excluding hydrogens is 322 g/mol. The van der Waals surface area contributed by atoms with E-state index < -0.39 is 0 Å². The van der Waals surface area contributed by atoms with Gasteiger partial charge in [0.25, 0.3) is 0 Å². The maximum Gasteiger partial charge on any atom is 0.306 e. The molecule has 0 bridgehead atoms. The smallest absolute Gasteiger partial charge is 0.306 e. The van der Waals surface area contributed by atoms with Crippen molar-refractivity contribution in [2.45, 2.75) is 96.3 Å². The topological polar surface area (TPSA) is 55.4 Å². The SMILES string of the molecule is CC(S)CC(=O)NCC(C)(C)CC(=O)OC1CCCCCCCC1. The van der Waals surface area contributed by atoms with Crippen LogP contribution < -0.4 is 5.32 Å². The molecule has 1 N–H and O–H groups in total. The molecular formula is C19H35NO3S. The lowest BCUT2D eigenvalue weighted by atomic mass is 9.89. The highest BCUT2D eigenvalue weighted by Gasteiger charge is 2.25. The minimum atomic E-state index is -0.301. The molecule has 0 aliphatic heterocycles. The lowest BCUT2D eigenvalue weighted by Gasteiger charge is -2.26. The summed E-state index contributed by atoms with van der Waals surface area (Å²) in [5, 5.41) is 2.94. The van der Waals surface area contributed by atoms with Crippen LogP contribution in [-0.4, -0.2) is 29.8 Å². The standard InChI is InChI=1S/C19H35NO3S/c1-15(24)12-17(21)20-14-19(2,3)13-18(22)23-16-10-8-6-4-5-7-9-11-16/h15-16,24H,4-14H2,1-3H3,(H,20,21). The fraction of sp³-hybridized carbons (Fsp3) is 0.895. The van der Waals surface area contributed by atoms with Gasteiger partial charge in [0.1, 0.15) is 6.10 Å². The van der Waals surface area contributed by atoms with E-state index in [0.717, 1.165) is 25.7 Å².